The van der Waals surface area contributed by atoms with E-state index >= 15 is 0 Å². The van der Waals surface area contributed by atoms with Gasteiger partial charge in [0.2, 0.25) is 11.8 Å². The Balaban J connectivity index is 2.06. The van der Waals surface area contributed by atoms with Gasteiger partial charge in [0.25, 0.3) is 0 Å². The molecule has 6 heteroatoms. The number of nitrogens with zero attached hydrogens (tertiary/aromatic N) is 2. The molecule has 3 rings (SSSR count). The Morgan fingerprint density at radius 2 is 2.26 bits per heavy atom. The summed E-state index contributed by atoms with van der Waals surface area (Å²) in [6.45, 7) is 0. The molecule has 2 heterocycles. The van der Waals surface area contributed by atoms with Crippen molar-refractivity contribution in [2.24, 2.45) is 4.99 Å². The Kier molecular flexibility index (Phi) is 2.87. The first-order chi connectivity index (χ1) is 9.19. The number of H-pyrrole nitrogens is 1. The number of aromatic hydroxyl groups is 1. The van der Waals surface area contributed by atoms with Gasteiger partial charge in [-0.1, -0.05) is 12.1 Å². The van der Waals surface area contributed by atoms with Crippen molar-refractivity contribution in [3.8, 4) is 5.88 Å². The van der Waals surface area contributed by atoms with Crippen molar-refractivity contribution in [3.05, 3.63) is 33.9 Å². The Labute approximate surface area is 118 Å². The van der Waals surface area contributed by atoms with Crippen molar-refractivity contribution in [1.29, 1.82) is 0 Å². The van der Waals surface area contributed by atoms with Crippen molar-refractivity contribution in [2.45, 2.75) is 0 Å². The fourth-order valence-electron chi connectivity index (χ4n) is 1.95. The zero-order valence-electron chi connectivity index (χ0n) is 10.1. The molecule has 96 valence electrons. The summed E-state index contributed by atoms with van der Waals surface area (Å²) in [5, 5.41) is 12.6. The minimum atomic E-state index is -0.0336. The predicted molar refractivity (Wildman–Crippen MR) is 80.0 cm³/mol. The lowest BCUT2D eigenvalue weighted by Crippen LogP contribution is -1.89. The molecule has 1 aromatic carbocycles. The van der Waals surface area contributed by atoms with Crippen molar-refractivity contribution < 1.29 is 5.11 Å². The molecule has 0 fully saturated rings. The van der Waals surface area contributed by atoms with Crippen LogP contribution >= 0.6 is 15.9 Å². The van der Waals surface area contributed by atoms with Crippen LogP contribution in [0.3, 0.4) is 0 Å². The van der Waals surface area contributed by atoms with Gasteiger partial charge < -0.3 is 15.4 Å². The highest BCUT2D eigenvalue weighted by Gasteiger charge is 2.16. The molecule has 0 bridgehead atoms. The maximum atomic E-state index is 9.74. The van der Waals surface area contributed by atoms with Gasteiger partial charge in [-0.15, -0.1) is 0 Å². The first kappa shape index (κ1) is 12.0. The maximum absolute atomic E-state index is 9.74. The number of rotatable bonds is 2. The minimum absolute atomic E-state index is 0.0336. The fraction of sp³-hybridized carbons (Fsp3) is 0.0769. The van der Waals surface area contributed by atoms with E-state index in [0.717, 1.165) is 21.3 Å². The summed E-state index contributed by atoms with van der Waals surface area (Å²) in [6.07, 6.45) is 3.60. The molecule has 19 heavy (non-hydrogen) atoms. The van der Waals surface area contributed by atoms with Crippen LogP contribution in [0, 0.1) is 0 Å². The molecule has 1 aliphatic heterocycles. The zero-order valence-corrected chi connectivity index (χ0v) is 11.7. The summed E-state index contributed by atoms with van der Waals surface area (Å²) >= 11 is 3.47. The van der Waals surface area contributed by atoms with Gasteiger partial charge in [0.1, 0.15) is 5.69 Å². The third kappa shape index (κ3) is 2.04. The molecule has 1 aliphatic rings. The number of aliphatic imine (C=N–C) groups is 1. The highest BCUT2D eigenvalue weighted by atomic mass is 79.9. The molecule has 0 radical (unpaired) electrons. The number of imidazole rings is 1. The Hall–Kier alpha value is -2.08. The smallest absolute Gasteiger partial charge is 0.238 e. The first-order valence-electron chi connectivity index (χ1n) is 5.70. The summed E-state index contributed by atoms with van der Waals surface area (Å²) in [5.74, 6) is 0.488. The summed E-state index contributed by atoms with van der Waals surface area (Å²) in [6, 6.07) is 5.90. The number of allylic oxidation sites excluding steroid dienone is 1. The first-order valence-corrected chi connectivity index (χ1v) is 6.49. The van der Waals surface area contributed by atoms with Crippen molar-refractivity contribution in [3.63, 3.8) is 0 Å². The lowest BCUT2D eigenvalue weighted by Gasteiger charge is -2.00. The number of para-hydroxylation sites is 1. The van der Waals surface area contributed by atoms with Crippen LogP contribution in [0.1, 0.15) is 11.3 Å². The molecule has 5 nitrogen and oxygen atoms in total. The Morgan fingerprint density at radius 1 is 1.42 bits per heavy atom. The largest absolute Gasteiger partial charge is 0.492 e. The predicted octanol–water partition coefficient (Wildman–Crippen LogP) is 3.18. The minimum Gasteiger partial charge on any atom is -0.492 e. The van der Waals surface area contributed by atoms with Crippen LogP contribution in [0.2, 0.25) is 0 Å². The number of halogens is 1. The van der Waals surface area contributed by atoms with Gasteiger partial charge in [-0.2, -0.15) is 4.98 Å². The number of nitrogens with one attached hydrogen (secondary N) is 2. The highest BCUT2D eigenvalue weighted by molar-refractivity contribution is 9.10. The van der Waals surface area contributed by atoms with E-state index in [4.69, 9.17) is 0 Å². The van der Waals surface area contributed by atoms with Gasteiger partial charge in [0, 0.05) is 28.9 Å². The van der Waals surface area contributed by atoms with E-state index in [1.807, 2.05) is 24.3 Å². The molecule has 0 saturated carbocycles. The number of hydrogen-bond acceptors (Lipinski definition) is 4. The molecule has 0 amide bonds. The van der Waals surface area contributed by atoms with Crippen LogP contribution in [-0.2, 0) is 0 Å². The van der Waals surface area contributed by atoms with Crippen LogP contribution in [0.25, 0.3) is 11.6 Å². The summed E-state index contributed by atoms with van der Waals surface area (Å²) in [4.78, 5) is 11.3. The van der Waals surface area contributed by atoms with Crippen LogP contribution in [0.15, 0.2) is 27.7 Å². The second-order valence-electron chi connectivity index (χ2n) is 4.07. The number of anilines is 1. The molecule has 0 aliphatic carbocycles. The van der Waals surface area contributed by atoms with Crippen molar-refractivity contribution in [1.82, 2.24) is 9.97 Å². The lowest BCUT2D eigenvalue weighted by atomic mass is 10.1. The van der Waals surface area contributed by atoms with Crippen molar-refractivity contribution in [2.75, 3.05) is 12.4 Å². The Bertz CT molecular complexity index is 703. The third-order valence-electron chi connectivity index (χ3n) is 2.88. The van der Waals surface area contributed by atoms with E-state index in [1.54, 1.807) is 13.3 Å². The molecule has 1 aromatic heterocycles. The SMILES string of the molecule is CNc1nc(O)c(/C=C2\C=Nc3c(Br)cccc32)[nH]1. The average Bonchev–Trinajstić information content (AvgIpc) is 2.96. The molecular weight excluding hydrogens is 308 g/mol. The normalized spacial score (nSPS) is 14.9. The van der Waals surface area contributed by atoms with E-state index in [2.05, 4.69) is 36.2 Å². The quantitative estimate of drug-likeness (QED) is 0.796. The van der Waals surface area contributed by atoms with E-state index < -0.39 is 0 Å². The number of fused-ring (bicyclic) bond motifs is 1. The van der Waals surface area contributed by atoms with E-state index in [9.17, 15) is 5.11 Å². The number of benzene rings is 1. The van der Waals surface area contributed by atoms with Gasteiger partial charge in [-0.05, 0) is 28.1 Å². The zero-order chi connectivity index (χ0) is 13.4. The average molecular weight is 319 g/mol. The molecule has 0 spiro atoms. The second-order valence-corrected chi connectivity index (χ2v) is 4.92. The molecule has 0 atom stereocenters. The Morgan fingerprint density at radius 3 is 3.00 bits per heavy atom. The fourth-order valence-corrected chi connectivity index (χ4v) is 2.42. The maximum Gasteiger partial charge on any atom is 0.238 e. The van der Waals surface area contributed by atoms with Crippen LogP contribution < -0.4 is 5.32 Å². The molecule has 0 saturated heterocycles. The number of aromatic amines is 1. The van der Waals surface area contributed by atoms with Crippen LogP contribution in [-0.4, -0.2) is 28.3 Å². The summed E-state index contributed by atoms with van der Waals surface area (Å²) in [7, 11) is 1.73. The molecular formula is C13H11BrN4O. The monoisotopic (exact) mass is 318 g/mol. The van der Waals surface area contributed by atoms with Gasteiger partial charge in [0.15, 0.2) is 0 Å². The van der Waals surface area contributed by atoms with Crippen molar-refractivity contribution >= 4 is 45.4 Å². The third-order valence-corrected chi connectivity index (χ3v) is 3.52. The number of aromatic nitrogens is 2. The van der Waals surface area contributed by atoms with Gasteiger partial charge in [0.05, 0.1) is 5.69 Å². The molecule has 0 unspecified atom stereocenters. The summed E-state index contributed by atoms with van der Waals surface area (Å²) < 4.78 is 0.953. The van der Waals surface area contributed by atoms with E-state index in [1.165, 1.54) is 0 Å². The van der Waals surface area contributed by atoms with E-state index in [-0.39, 0.29) is 5.88 Å². The second kappa shape index (κ2) is 4.55. The van der Waals surface area contributed by atoms with Gasteiger partial charge in [-0.25, -0.2) is 0 Å². The van der Waals surface area contributed by atoms with Crippen LogP contribution in [0.5, 0.6) is 5.88 Å². The van der Waals surface area contributed by atoms with Gasteiger partial charge >= 0.3 is 0 Å². The van der Waals surface area contributed by atoms with Crippen LogP contribution in [0.4, 0.5) is 11.6 Å². The summed E-state index contributed by atoms with van der Waals surface area (Å²) in [5.41, 5.74) is 3.41. The van der Waals surface area contributed by atoms with E-state index in [0.29, 0.717) is 11.6 Å². The lowest BCUT2D eigenvalue weighted by molar-refractivity contribution is 0.455. The standard InChI is InChI=1S/C13H11BrN4O/c1-15-13-17-10(12(19)18-13)5-7-6-16-11-8(7)3-2-4-9(11)14/h2-6,19H,1H3,(H2,15,17,18)/b7-5+. The molecule has 3 N–H and O–H groups in total. The number of hydrogen-bond donors (Lipinski definition) is 3. The van der Waals surface area contributed by atoms with Gasteiger partial charge in [-0.3, -0.25) is 4.99 Å². The topological polar surface area (TPSA) is 73.3 Å². The molecule has 2 aromatic rings. The highest BCUT2D eigenvalue weighted by Crippen LogP contribution is 2.38.